The van der Waals surface area contributed by atoms with Crippen LogP contribution in [0.5, 0.6) is 0 Å². The van der Waals surface area contributed by atoms with Crippen molar-refractivity contribution in [3.05, 3.63) is 17.2 Å². The van der Waals surface area contributed by atoms with Crippen LogP contribution in [0.3, 0.4) is 0 Å². The Morgan fingerprint density at radius 1 is 1.42 bits per heavy atom. The molecule has 3 rings (SSSR count). The highest BCUT2D eigenvalue weighted by molar-refractivity contribution is 5.21. The first kappa shape index (κ1) is 17.9. The summed E-state index contributed by atoms with van der Waals surface area (Å²) >= 11 is 0. The van der Waals surface area contributed by atoms with Crippen LogP contribution in [0, 0.1) is 0 Å². The smallest absolute Gasteiger partial charge is 0.111 e. The van der Waals surface area contributed by atoms with Crippen molar-refractivity contribution in [1.82, 2.24) is 14.5 Å². The molecule has 0 spiro atoms. The first-order valence-electron chi connectivity index (χ1n) is 9.18. The second-order valence-electron chi connectivity index (χ2n) is 7.39. The highest BCUT2D eigenvalue weighted by atomic mass is 16.5. The molecule has 1 aromatic heterocycles. The lowest BCUT2D eigenvalue weighted by atomic mass is 10.1. The SMILES string of the molecule is CC(C)c1nc2c(n1C)CCN(C[C@@H](O)COC[C@@H]1CCCO1)C2. The summed E-state index contributed by atoms with van der Waals surface area (Å²) in [5, 5.41) is 10.2. The van der Waals surface area contributed by atoms with Gasteiger partial charge in [-0.05, 0) is 12.8 Å². The highest BCUT2D eigenvalue weighted by Gasteiger charge is 2.25. The second-order valence-corrected chi connectivity index (χ2v) is 7.39. The van der Waals surface area contributed by atoms with E-state index in [1.165, 1.54) is 11.4 Å². The van der Waals surface area contributed by atoms with Gasteiger partial charge >= 0.3 is 0 Å². The highest BCUT2D eigenvalue weighted by Crippen LogP contribution is 2.23. The maximum absolute atomic E-state index is 10.2. The third-order valence-electron chi connectivity index (χ3n) is 4.99. The van der Waals surface area contributed by atoms with Gasteiger partial charge in [-0.25, -0.2) is 4.98 Å². The number of hydrogen-bond acceptors (Lipinski definition) is 5. The van der Waals surface area contributed by atoms with Gasteiger partial charge in [0.2, 0.25) is 0 Å². The average Bonchev–Trinajstić information content (AvgIpc) is 3.15. The molecule has 2 aliphatic heterocycles. The van der Waals surface area contributed by atoms with E-state index < -0.39 is 6.10 Å². The quantitative estimate of drug-likeness (QED) is 0.816. The number of aliphatic hydroxyl groups is 1. The largest absolute Gasteiger partial charge is 0.389 e. The molecule has 1 N–H and O–H groups in total. The monoisotopic (exact) mass is 337 g/mol. The fourth-order valence-corrected chi connectivity index (χ4v) is 3.74. The number of hydrogen-bond donors (Lipinski definition) is 1. The molecule has 2 atom stereocenters. The summed E-state index contributed by atoms with van der Waals surface area (Å²) in [5.74, 6) is 1.59. The third-order valence-corrected chi connectivity index (χ3v) is 4.99. The Labute approximate surface area is 144 Å². The molecule has 0 bridgehead atoms. The van der Waals surface area contributed by atoms with Crippen LogP contribution in [0.2, 0.25) is 0 Å². The van der Waals surface area contributed by atoms with Crippen molar-refractivity contribution in [3.63, 3.8) is 0 Å². The first-order chi connectivity index (χ1) is 11.5. The standard InChI is InChI=1S/C18H31N3O3/c1-13(2)18-19-16-10-21(7-6-17(16)20(18)3)9-14(22)11-23-12-15-5-4-8-24-15/h13-15,22H,4-12H2,1-3H3/t14-,15+/m1/s1. The van der Waals surface area contributed by atoms with E-state index in [0.717, 1.165) is 44.8 Å². The Balaban J connectivity index is 1.45. The Hall–Kier alpha value is -0.950. The predicted molar refractivity (Wildman–Crippen MR) is 92.1 cm³/mol. The van der Waals surface area contributed by atoms with Crippen LogP contribution in [0.1, 0.15) is 49.8 Å². The maximum Gasteiger partial charge on any atom is 0.111 e. The van der Waals surface area contributed by atoms with Gasteiger partial charge in [-0.2, -0.15) is 0 Å². The van der Waals surface area contributed by atoms with Crippen molar-refractivity contribution in [2.75, 3.05) is 32.9 Å². The molecule has 1 aromatic rings. The van der Waals surface area contributed by atoms with Crippen molar-refractivity contribution in [2.24, 2.45) is 7.05 Å². The van der Waals surface area contributed by atoms with Crippen LogP contribution in [0.25, 0.3) is 0 Å². The van der Waals surface area contributed by atoms with E-state index in [1.807, 2.05) is 0 Å². The van der Waals surface area contributed by atoms with Gasteiger partial charge in [-0.1, -0.05) is 13.8 Å². The van der Waals surface area contributed by atoms with E-state index in [4.69, 9.17) is 14.5 Å². The first-order valence-corrected chi connectivity index (χ1v) is 9.18. The molecule has 3 heterocycles. The van der Waals surface area contributed by atoms with E-state index in [9.17, 15) is 5.11 Å². The summed E-state index contributed by atoms with van der Waals surface area (Å²) in [6.07, 6.45) is 2.95. The van der Waals surface area contributed by atoms with Crippen LogP contribution in [-0.4, -0.2) is 64.7 Å². The molecule has 1 fully saturated rings. The number of ether oxygens (including phenoxy) is 2. The van der Waals surface area contributed by atoms with Gasteiger partial charge in [0.05, 0.1) is 31.1 Å². The van der Waals surface area contributed by atoms with Gasteiger partial charge in [-0.3, -0.25) is 4.90 Å². The van der Waals surface area contributed by atoms with Crippen molar-refractivity contribution < 1.29 is 14.6 Å². The van der Waals surface area contributed by atoms with E-state index >= 15 is 0 Å². The Morgan fingerprint density at radius 3 is 2.96 bits per heavy atom. The summed E-state index contributed by atoms with van der Waals surface area (Å²) in [4.78, 5) is 7.09. The molecule has 6 heteroatoms. The van der Waals surface area contributed by atoms with Crippen LogP contribution < -0.4 is 0 Å². The average molecular weight is 337 g/mol. The summed E-state index contributed by atoms with van der Waals surface area (Å²) in [6.45, 7) is 8.60. The maximum atomic E-state index is 10.2. The zero-order chi connectivity index (χ0) is 17.1. The normalized spacial score (nSPS) is 23.0. The van der Waals surface area contributed by atoms with Gasteiger partial charge in [-0.15, -0.1) is 0 Å². The van der Waals surface area contributed by atoms with Gasteiger partial charge in [0.15, 0.2) is 0 Å². The minimum absolute atomic E-state index is 0.220. The number of nitrogens with zero attached hydrogens (tertiary/aromatic N) is 3. The number of aromatic nitrogens is 2. The molecule has 6 nitrogen and oxygen atoms in total. The molecule has 136 valence electrons. The fraction of sp³-hybridized carbons (Fsp3) is 0.833. The lowest BCUT2D eigenvalue weighted by molar-refractivity contribution is -0.0262. The Morgan fingerprint density at radius 2 is 2.25 bits per heavy atom. The minimum atomic E-state index is -0.457. The van der Waals surface area contributed by atoms with Gasteiger partial charge < -0.3 is 19.1 Å². The molecule has 2 aliphatic rings. The lowest BCUT2D eigenvalue weighted by Crippen LogP contribution is -2.39. The number of β-amino-alcohol motifs (C(OH)–C–C–N with tert-alkyl or cyclic N) is 1. The molecule has 0 aliphatic carbocycles. The zero-order valence-corrected chi connectivity index (χ0v) is 15.2. The minimum Gasteiger partial charge on any atom is -0.389 e. The van der Waals surface area contributed by atoms with Gasteiger partial charge in [0, 0.05) is 51.3 Å². The lowest BCUT2D eigenvalue weighted by Gasteiger charge is -2.28. The number of aliphatic hydroxyl groups excluding tert-OH is 1. The van der Waals surface area contributed by atoms with Crippen LogP contribution >= 0.6 is 0 Å². The van der Waals surface area contributed by atoms with Gasteiger partial charge in [0.25, 0.3) is 0 Å². The van der Waals surface area contributed by atoms with E-state index in [1.54, 1.807) is 0 Å². The number of imidazole rings is 1. The van der Waals surface area contributed by atoms with Crippen LogP contribution in [0.4, 0.5) is 0 Å². The molecular formula is C18H31N3O3. The second kappa shape index (κ2) is 7.95. The molecule has 0 unspecified atom stereocenters. The molecular weight excluding hydrogens is 306 g/mol. The van der Waals surface area contributed by atoms with Crippen LogP contribution in [-0.2, 0) is 29.5 Å². The van der Waals surface area contributed by atoms with E-state index in [0.29, 0.717) is 25.7 Å². The summed E-state index contributed by atoms with van der Waals surface area (Å²) in [6, 6.07) is 0. The molecule has 24 heavy (non-hydrogen) atoms. The molecule has 0 saturated carbocycles. The van der Waals surface area contributed by atoms with Gasteiger partial charge in [0.1, 0.15) is 5.82 Å². The van der Waals surface area contributed by atoms with Crippen molar-refractivity contribution in [3.8, 4) is 0 Å². The predicted octanol–water partition coefficient (Wildman–Crippen LogP) is 1.46. The molecule has 0 aromatic carbocycles. The van der Waals surface area contributed by atoms with Crippen molar-refractivity contribution >= 4 is 0 Å². The number of fused-ring (bicyclic) bond motifs is 1. The molecule has 1 saturated heterocycles. The molecule has 0 radical (unpaired) electrons. The third kappa shape index (κ3) is 4.17. The molecule has 0 amide bonds. The number of rotatable bonds is 7. The van der Waals surface area contributed by atoms with E-state index in [-0.39, 0.29) is 6.10 Å². The topological polar surface area (TPSA) is 59.8 Å². The van der Waals surface area contributed by atoms with Crippen LogP contribution in [0.15, 0.2) is 0 Å². The van der Waals surface area contributed by atoms with E-state index in [2.05, 4.69) is 30.4 Å². The van der Waals surface area contributed by atoms with Crippen molar-refractivity contribution in [2.45, 2.75) is 57.8 Å². The summed E-state index contributed by atoms with van der Waals surface area (Å²) < 4.78 is 13.4. The Kier molecular flexibility index (Phi) is 5.92. The Bertz CT molecular complexity index is 538. The van der Waals surface area contributed by atoms with Crippen molar-refractivity contribution in [1.29, 1.82) is 0 Å². The fourth-order valence-electron chi connectivity index (χ4n) is 3.74. The summed E-state index contributed by atoms with van der Waals surface area (Å²) in [7, 11) is 2.12. The summed E-state index contributed by atoms with van der Waals surface area (Å²) in [5.41, 5.74) is 2.51. The zero-order valence-electron chi connectivity index (χ0n) is 15.2.